The van der Waals surface area contributed by atoms with Crippen molar-refractivity contribution < 1.29 is 9.47 Å². The fourth-order valence-electron chi connectivity index (χ4n) is 4.64. The van der Waals surface area contributed by atoms with E-state index < -0.39 is 0 Å². The van der Waals surface area contributed by atoms with Gasteiger partial charge in [0.15, 0.2) is 0 Å². The summed E-state index contributed by atoms with van der Waals surface area (Å²) in [6.45, 7) is 2.77. The zero-order chi connectivity index (χ0) is 30.0. The van der Waals surface area contributed by atoms with Crippen LogP contribution in [0.1, 0.15) is 54.4 Å². The molecule has 4 aromatic carbocycles. The van der Waals surface area contributed by atoms with Crippen LogP contribution >= 0.6 is 0 Å². The molecule has 4 aromatic rings. The molecule has 0 aliphatic rings. The van der Waals surface area contributed by atoms with Crippen LogP contribution in [0, 0.1) is 0 Å². The van der Waals surface area contributed by atoms with E-state index in [9.17, 15) is 0 Å². The van der Waals surface area contributed by atoms with Gasteiger partial charge in [-0.05, 0) is 105 Å². The highest BCUT2D eigenvalue weighted by Gasteiger charge is 2.02. The summed E-state index contributed by atoms with van der Waals surface area (Å²) in [5.74, 6) is 2.83. The van der Waals surface area contributed by atoms with E-state index in [0.717, 1.165) is 67.6 Å². The van der Waals surface area contributed by atoms with Crippen LogP contribution in [0.3, 0.4) is 0 Å². The minimum Gasteiger partial charge on any atom is -0.494 e. The Labute approximate surface area is 256 Å². The standard InChI is InChI=1S/C37H44N4O2/c38-36(40-26-10-16-30-12-4-1-5-13-30)32-18-22-34(23-19-32)42-28-8-3-9-29-43-35-24-20-33(21-25-35)37(39)41-27-11-17-31-14-6-2-7-15-31/h1-2,4-7,12-15,18-25H,3,8-11,16-17,26-29H2,(H2,38,40)(H2,39,41). The fourth-order valence-corrected chi connectivity index (χ4v) is 4.64. The average Bonchev–Trinajstić information content (AvgIpc) is 3.06. The maximum Gasteiger partial charge on any atom is 0.125 e. The SMILES string of the molecule is NC(=NCCCc1ccccc1)c1ccc(OCCCCCOc2ccc(C(N)=NCCCc3ccccc3)cc2)cc1. The van der Waals surface area contributed by atoms with E-state index in [1.807, 2.05) is 60.7 Å². The predicted octanol–water partition coefficient (Wildman–Crippen LogP) is 6.99. The largest absolute Gasteiger partial charge is 0.494 e. The Kier molecular flexibility index (Phi) is 13.2. The molecule has 43 heavy (non-hydrogen) atoms. The van der Waals surface area contributed by atoms with E-state index in [-0.39, 0.29) is 0 Å². The van der Waals surface area contributed by atoms with Crippen molar-refractivity contribution in [3.63, 3.8) is 0 Å². The highest BCUT2D eigenvalue weighted by Crippen LogP contribution is 2.15. The molecule has 0 fully saturated rings. The molecule has 0 aliphatic heterocycles. The number of nitrogens with two attached hydrogens (primary N) is 2. The molecular weight excluding hydrogens is 532 g/mol. The Morgan fingerprint density at radius 3 is 1.26 bits per heavy atom. The van der Waals surface area contributed by atoms with Crippen molar-refractivity contribution in [3.8, 4) is 11.5 Å². The molecule has 0 bridgehead atoms. The molecule has 0 saturated heterocycles. The Hall–Kier alpha value is -4.58. The lowest BCUT2D eigenvalue weighted by molar-refractivity contribution is 0.279. The Bertz CT molecular complexity index is 1280. The third kappa shape index (κ3) is 11.7. The number of aliphatic imine (C=N–C) groups is 2. The van der Waals surface area contributed by atoms with Gasteiger partial charge in [-0.3, -0.25) is 9.98 Å². The van der Waals surface area contributed by atoms with Crippen LogP contribution in [0.5, 0.6) is 11.5 Å². The lowest BCUT2D eigenvalue weighted by Crippen LogP contribution is -2.14. The number of amidine groups is 2. The summed E-state index contributed by atoms with van der Waals surface area (Å²) >= 11 is 0. The number of hydrogen-bond donors (Lipinski definition) is 2. The van der Waals surface area contributed by atoms with Crippen molar-refractivity contribution in [2.24, 2.45) is 21.5 Å². The van der Waals surface area contributed by atoms with E-state index in [0.29, 0.717) is 38.0 Å². The van der Waals surface area contributed by atoms with Gasteiger partial charge in [0.25, 0.3) is 0 Å². The minimum absolute atomic E-state index is 0.570. The third-order valence-electron chi connectivity index (χ3n) is 7.12. The Morgan fingerprint density at radius 2 is 0.860 bits per heavy atom. The quantitative estimate of drug-likeness (QED) is 0.0758. The first-order chi connectivity index (χ1) is 21.2. The predicted molar refractivity (Wildman–Crippen MR) is 178 cm³/mol. The summed E-state index contributed by atoms with van der Waals surface area (Å²) < 4.78 is 11.8. The molecule has 0 aromatic heterocycles. The number of rotatable bonds is 18. The average molecular weight is 577 g/mol. The van der Waals surface area contributed by atoms with Crippen molar-refractivity contribution in [3.05, 3.63) is 131 Å². The first-order valence-electron chi connectivity index (χ1n) is 15.3. The van der Waals surface area contributed by atoms with Crippen molar-refractivity contribution in [2.45, 2.75) is 44.9 Å². The Balaban J connectivity index is 1.05. The zero-order valence-electron chi connectivity index (χ0n) is 25.0. The summed E-state index contributed by atoms with van der Waals surface area (Å²) in [6.07, 6.45) is 6.92. The van der Waals surface area contributed by atoms with Crippen LogP contribution in [0.15, 0.2) is 119 Å². The van der Waals surface area contributed by atoms with Gasteiger partial charge in [-0.1, -0.05) is 60.7 Å². The summed E-state index contributed by atoms with van der Waals surface area (Å²) in [6, 6.07) is 36.6. The lowest BCUT2D eigenvalue weighted by Gasteiger charge is -2.09. The van der Waals surface area contributed by atoms with Crippen LogP contribution in [-0.2, 0) is 12.8 Å². The van der Waals surface area contributed by atoms with Gasteiger partial charge in [0.2, 0.25) is 0 Å². The zero-order valence-corrected chi connectivity index (χ0v) is 25.0. The topological polar surface area (TPSA) is 95.2 Å². The molecule has 6 nitrogen and oxygen atoms in total. The number of aryl methyl sites for hydroxylation is 2. The lowest BCUT2D eigenvalue weighted by atomic mass is 10.1. The molecule has 0 saturated carbocycles. The van der Waals surface area contributed by atoms with Gasteiger partial charge in [0.1, 0.15) is 23.2 Å². The second-order valence-electron chi connectivity index (χ2n) is 10.5. The van der Waals surface area contributed by atoms with Gasteiger partial charge in [-0.2, -0.15) is 0 Å². The molecule has 4 N–H and O–H groups in total. The monoisotopic (exact) mass is 576 g/mol. The first kappa shape index (κ1) is 31.4. The van der Waals surface area contributed by atoms with E-state index in [1.54, 1.807) is 0 Å². The number of unbranched alkanes of at least 4 members (excludes halogenated alkanes) is 2. The summed E-state index contributed by atoms with van der Waals surface area (Å²) in [5, 5.41) is 0. The summed E-state index contributed by atoms with van der Waals surface area (Å²) in [5.41, 5.74) is 16.9. The minimum atomic E-state index is 0.570. The highest BCUT2D eigenvalue weighted by atomic mass is 16.5. The van der Waals surface area contributed by atoms with Gasteiger partial charge in [0, 0.05) is 24.2 Å². The highest BCUT2D eigenvalue weighted by molar-refractivity contribution is 5.98. The molecule has 0 spiro atoms. The van der Waals surface area contributed by atoms with Gasteiger partial charge in [-0.15, -0.1) is 0 Å². The van der Waals surface area contributed by atoms with Crippen molar-refractivity contribution in [1.82, 2.24) is 0 Å². The van der Waals surface area contributed by atoms with E-state index >= 15 is 0 Å². The van der Waals surface area contributed by atoms with E-state index in [1.165, 1.54) is 11.1 Å². The molecule has 224 valence electrons. The number of nitrogens with zero attached hydrogens (tertiary/aromatic N) is 2. The molecule has 0 radical (unpaired) electrons. The van der Waals surface area contributed by atoms with Gasteiger partial charge >= 0.3 is 0 Å². The second kappa shape index (κ2) is 18.1. The molecular formula is C37H44N4O2. The number of ether oxygens (including phenoxy) is 2. The molecule has 4 rings (SSSR count). The van der Waals surface area contributed by atoms with Crippen molar-refractivity contribution >= 4 is 11.7 Å². The Morgan fingerprint density at radius 1 is 0.465 bits per heavy atom. The molecule has 0 atom stereocenters. The van der Waals surface area contributed by atoms with E-state index in [2.05, 4.69) is 58.5 Å². The van der Waals surface area contributed by atoms with Crippen molar-refractivity contribution in [1.29, 1.82) is 0 Å². The normalized spacial score (nSPS) is 11.8. The van der Waals surface area contributed by atoms with Crippen LogP contribution in [-0.4, -0.2) is 38.0 Å². The fraction of sp³-hybridized carbons (Fsp3) is 0.297. The van der Waals surface area contributed by atoms with Gasteiger partial charge < -0.3 is 20.9 Å². The maximum absolute atomic E-state index is 6.18. The van der Waals surface area contributed by atoms with Crippen LogP contribution < -0.4 is 20.9 Å². The summed E-state index contributed by atoms with van der Waals surface area (Å²) in [7, 11) is 0. The molecule has 0 unspecified atom stereocenters. The molecule has 0 aliphatic carbocycles. The third-order valence-corrected chi connectivity index (χ3v) is 7.12. The first-order valence-corrected chi connectivity index (χ1v) is 15.3. The number of benzene rings is 4. The number of hydrogen-bond acceptors (Lipinski definition) is 4. The van der Waals surface area contributed by atoms with Crippen molar-refractivity contribution in [2.75, 3.05) is 26.3 Å². The maximum atomic E-state index is 6.18. The van der Waals surface area contributed by atoms with Crippen LogP contribution in [0.4, 0.5) is 0 Å². The van der Waals surface area contributed by atoms with Gasteiger partial charge in [0.05, 0.1) is 13.2 Å². The van der Waals surface area contributed by atoms with E-state index in [4.69, 9.17) is 20.9 Å². The second-order valence-corrected chi connectivity index (χ2v) is 10.5. The summed E-state index contributed by atoms with van der Waals surface area (Å²) in [4.78, 5) is 9.06. The van der Waals surface area contributed by atoms with Crippen LogP contribution in [0.25, 0.3) is 0 Å². The molecule has 0 heterocycles. The molecule has 0 amide bonds. The molecule has 6 heteroatoms. The van der Waals surface area contributed by atoms with Gasteiger partial charge in [-0.25, -0.2) is 0 Å². The smallest absolute Gasteiger partial charge is 0.125 e. The van der Waals surface area contributed by atoms with Crippen LogP contribution in [0.2, 0.25) is 0 Å².